The standard InChI is InChI=1S/C20H14ClFN2O6/c21-10-5-6-13(30-8-9-3-1-2-4-12(9)22)11(7-10)14-15(19(26)27)17(23)24-18(25)16(14)20(28)29/h1-7H,8H2,(H,26,27)(H,28,29)(H3,23,24,25). The molecule has 154 valence electrons. The van der Waals surface area contributed by atoms with Gasteiger partial charge in [0.1, 0.15) is 35.1 Å². The molecule has 1 aromatic heterocycles. The molecule has 0 fully saturated rings. The molecule has 3 aromatic rings. The van der Waals surface area contributed by atoms with Crippen LogP contribution in [0.1, 0.15) is 26.3 Å². The number of nitrogens with one attached hydrogen (secondary N) is 1. The highest BCUT2D eigenvalue weighted by Gasteiger charge is 2.28. The highest BCUT2D eigenvalue weighted by Crippen LogP contribution is 2.38. The van der Waals surface area contributed by atoms with Crippen LogP contribution < -0.4 is 16.0 Å². The van der Waals surface area contributed by atoms with E-state index in [-0.39, 0.29) is 28.5 Å². The summed E-state index contributed by atoms with van der Waals surface area (Å²) in [6.45, 7) is -0.245. The van der Waals surface area contributed by atoms with E-state index in [4.69, 9.17) is 22.1 Å². The van der Waals surface area contributed by atoms with Crippen LogP contribution in [-0.2, 0) is 6.61 Å². The Balaban J connectivity index is 2.25. The summed E-state index contributed by atoms with van der Waals surface area (Å²) in [4.78, 5) is 37.8. The second-order valence-electron chi connectivity index (χ2n) is 6.12. The van der Waals surface area contributed by atoms with Crippen LogP contribution >= 0.6 is 11.6 Å². The predicted octanol–water partition coefficient (Wildman–Crippen LogP) is 3.39. The molecule has 0 saturated carbocycles. The second kappa shape index (κ2) is 8.26. The summed E-state index contributed by atoms with van der Waals surface area (Å²) >= 11 is 6.02. The van der Waals surface area contributed by atoms with E-state index < -0.39 is 45.8 Å². The third kappa shape index (κ3) is 3.96. The third-order valence-corrected chi connectivity index (χ3v) is 4.46. The zero-order valence-electron chi connectivity index (χ0n) is 15.1. The van der Waals surface area contributed by atoms with Gasteiger partial charge < -0.3 is 25.7 Å². The minimum atomic E-state index is -1.67. The molecule has 0 saturated heterocycles. The number of H-pyrrole nitrogens is 1. The van der Waals surface area contributed by atoms with Gasteiger partial charge in [0.15, 0.2) is 0 Å². The SMILES string of the molecule is Nc1[nH]c(=O)c(C(=O)O)c(-c2cc(Cl)ccc2OCc2ccccc2F)c1C(=O)O. The number of aromatic carboxylic acids is 2. The minimum absolute atomic E-state index is 0.0161. The van der Waals surface area contributed by atoms with Gasteiger partial charge in [-0.3, -0.25) is 4.79 Å². The fourth-order valence-corrected chi connectivity index (χ4v) is 3.08. The van der Waals surface area contributed by atoms with Crippen LogP contribution in [0.5, 0.6) is 5.75 Å². The van der Waals surface area contributed by atoms with Crippen LogP contribution in [0, 0.1) is 5.82 Å². The van der Waals surface area contributed by atoms with Crippen molar-refractivity contribution in [3.63, 3.8) is 0 Å². The number of aromatic amines is 1. The minimum Gasteiger partial charge on any atom is -0.488 e. The Labute approximate surface area is 173 Å². The molecule has 0 amide bonds. The molecule has 0 bridgehead atoms. The zero-order chi connectivity index (χ0) is 22.0. The zero-order valence-corrected chi connectivity index (χ0v) is 15.9. The van der Waals surface area contributed by atoms with Gasteiger partial charge in [0, 0.05) is 21.7 Å². The number of carboxylic acid groups (broad SMARTS) is 2. The lowest BCUT2D eigenvalue weighted by Gasteiger charge is -2.17. The van der Waals surface area contributed by atoms with Crippen molar-refractivity contribution in [2.45, 2.75) is 6.61 Å². The van der Waals surface area contributed by atoms with Crippen molar-refractivity contribution in [1.82, 2.24) is 4.98 Å². The number of halogens is 2. The van der Waals surface area contributed by atoms with E-state index in [0.29, 0.717) is 0 Å². The molecule has 0 aliphatic heterocycles. The molecule has 3 rings (SSSR count). The van der Waals surface area contributed by atoms with Crippen LogP contribution in [0.2, 0.25) is 5.02 Å². The fraction of sp³-hybridized carbons (Fsp3) is 0.0500. The number of carbonyl (C=O) groups is 2. The maximum Gasteiger partial charge on any atom is 0.342 e. The normalized spacial score (nSPS) is 10.6. The Hall–Kier alpha value is -3.85. The van der Waals surface area contributed by atoms with E-state index in [9.17, 15) is 29.0 Å². The summed E-state index contributed by atoms with van der Waals surface area (Å²) < 4.78 is 19.5. The molecule has 5 N–H and O–H groups in total. The first-order valence-electron chi connectivity index (χ1n) is 8.39. The van der Waals surface area contributed by atoms with E-state index in [2.05, 4.69) is 0 Å². The monoisotopic (exact) mass is 432 g/mol. The van der Waals surface area contributed by atoms with Crippen LogP contribution in [0.4, 0.5) is 10.2 Å². The van der Waals surface area contributed by atoms with Crippen molar-refractivity contribution in [3.05, 3.63) is 80.3 Å². The first-order valence-corrected chi connectivity index (χ1v) is 8.77. The number of hydrogen-bond donors (Lipinski definition) is 4. The van der Waals surface area contributed by atoms with Crippen LogP contribution in [0.15, 0.2) is 47.3 Å². The molecule has 0 aliphatic carbocycles. The number of carboxylic acids is 2. The van der Waals surface area contributed by atoms with E-state index >= 15 is 0 Å². The second-order valence-corrected chi connectivity index (χ2v) is 6.56. The van der Waals surface area contributed by atoms with Crippen molar-refractivity contribution in [2.75, 3.05) is 5.73 Å². The number of benzene rings is 2. The quantitative estimate of drug-likeness (QED) is 0.467. The molecule has 0 atom stereocenters. The largest absolute Gasteiger partial charge is 0.488 e. The Kier molecular flexibility index (Phi) is 5.74. The first kappa shape index (κ1) is 20.9. The Morgan fingerprint density at radius 1 is 1.10 bits per heavy atom. The van der Waals surface area contributed by atoms with Gasteiger partial charge in [-0.15, -0.1) is 0 Å². The van der Waals surface area contributed by atoms with Crippen molar-refractivity contribution in [1.29, 1.82) is 0 Å². The van der Waals surface area contributed by atoms with Gasteiger partial charge in [-0.05, 0) is 24.3 Å². The van der Waals surface area contributed by atoms with Crippen LogP contribution in [-0.4, -0.2) is 27.1 Å². The molecular formula is C20H14ClFN2O6. The fourth-order valence-electron chi connectivity index (χ4n) is 2.91. The molecule has 0 radical (unpaired) electrons. The highest BCUT2D eigenvalue weighted by molar-refractivity contribution is 6.31. The number of rotatable bonds is 6. The molecule has 2 aromatic carbocycles. The molecule has 8 nitrogen and oxygen atoms in total. The lowest BCUT2D eigenvalue weighted by Crippen LogP contribution is -2.24. The van der Waals surface area contributed by atoms with Gasteiger partial charge in [0.25, 0.3) is 5.56 Å². The Bertz CT molecular complexity index is 1220. The van der Waals surface area contributed by atoms with Gasteiger partial charge in [0.05, 0.1) is 0 Å². The average Bonchev–Trinajstić information content (AvgIpc) is 2.66. The maximum absolute atomic E-state index is 13.9. The lowest BCUT2D eigenvalue weighted by atomic mass is 9.94. The molecule has 0 spiro atoms. The maximum atomic E-state index is 13.9. The molecule has 30 heavy (non-hydrogen) atoms. The van der Waals surface area contributed by atoms with Crippen molar-refractivity contribution in [2.24, 2.45) is 0 Å². The number of anilines is 1. The van der Waals surface area contributed by atoms with Crippen molar-refractivity contribution < 1.29 is 28.9 Å². The van der Waals surface area contributed by atoms with Gasteiger partial charge in [0.2, 0.25) is 0 Å². The molecule has 1 heterocycles. The summed E-state index contributed by atoms with van der Waals surface area (Å²) in [5, 5.41) is 19.2. The summed E-state index contributed by atoms with van der Waals surface area (Å²) in [5.74, 6) is -4.31. The van der Waals surface area contributed by atoms with Gasteiger partial charge in [-0.1, -0.05) is 29.8 Å². The van der Waals surface area contributed by atoms with E-state index in [1.807, 2.05) is 4.98 Å². The number of ether oxygens (including phenoxy) is 1. The summed E-state index contributed by atoms with van der Waals surface area (Å²) in [6, 6.07) is 9.85. The Morgan fingerprint density at radius 2 is 1.77 bits per heavy atom. The van der Waals surface area contributed by atoms with Gasteiger partial charge >= 0.3 is 11.9 Å². The predicted molar refractivity (Wildman–Crippen MR) is 107 cm³/mol. The van der Waals surface area contributed by atoms with Crippen molar-refractivity contribution >= 4 is 29.4 Å². The van der Waals surface area contributed by atoms with Gasteiger partial charge in [-0.2, -0.15) is 0 Å². The van der Waals surface area contributed by atoms with Crippen molar-refractivity contribution in [3.8, 4) is 16.9 Å². The van der Waals surface area contributed by atoms with E-state index in [1.54, 1.807) is 6.07 Å². The number of nitrogen functional groups attached to an aromatic ring is 1. The molecule has 10 heteroatoms. The third-order valence-electron chi connectivity index (χ3n) is 4.22. The summed E-state index contributed by atoms with van der Waals surface area (Å²) in [7, 11) is 0. The van der Waals surface area contributed by atoms with Crippen LogP contribution in [0.3, 0.4) is 0 Å². The first-order chi connectivity index (χ1) is 14.2. The molecular weight excluding hydrogens is 419 g/mol. The summed E-state index contributed by atoms with van der Waals surface area (Å²) in [5.41, 5.74) is 2.72. The number of pyridine rings is 1. The topological polar surface area (TPSA) is 143 Å². The average molecular weight is 433 g/mol. The molecule has 0 unspecified atom stereocenters. The van der Waals surface area contributed by atoms with Gasteiger partial charge in [-0.25, -0.2) is 14.0 Å². The highest BCUT2D eigenvalue weighted by atomic mass is 35.5. The van der Waals surface area contributed by atoms with E-state index in [0.717, 1.165) is 0 Å². The molecule has 0 aliphatic rings. The number of hydrogen-bond acceptors (Lipinski definition) is 5. The number of nitrogens with two attached hydrogens (primary N) is 1. The van der Waals surface area contributed by atoms with Crippen LogP contribution in [0.25, 0.3) is 11.1 Å². The Morgan fingerprint density at radius 3 is 2.40 bits per heavy atom. The number of aromatic nitrogens is 1. The van der Waals surface area contributed by atoms with E-state index in [1.165, 1.54) is 36.4 Å². The smallest absolute Gasteiger partial charge is 0.342 e. The lowest BCUT2D eigenvalue weighted by molar-refractivity contribution is 0.0695. The summed E-state index contributed by atoms with van der Waals surface area (Å²) in [6.07, 6.45) is 0.